The molecule has 43 heavy (non-hydrogen) atoms. The smallest absolute Gasteiger partial charge is 0.248 e. The van der Waals surface area contributed by atoms with E-state index in [2.05, 4.69) is 47.2 Å². The van der Waals surface area contributed by atoms with Crippen molar-refractivity contribution in [2.24, 2.45) is 4.99 Å². The van der Waals surface area contributed by atoms with Crippen LogP contribution in [0.15, 0.2) is 53.2 Å². The number of dihydropyridines is 1. The number of nitrogens with zero attached hydrogens (tertiary/aromatic N) is 5. The molecule has 1 atom stereocenters. The maximum atomic E-state index is 11.7. The number of allylic oxidation sites excluding steroid dienone is 1. The third-order valence-corrected chi connectivity index (χ3v) is 7.87. The van der Waals surface area contributed by atoms with Gasteiger partial charge in [0.1, 0.15) is 59.0 Å². The normalized spacial score (nSPS) is 18.5. The van der Waals surface area contributed by atoms with Crippen molar-refractivity contribution in [1.82, 2.24) is 30.4 Å². The minimum atomic E-state index is -0.442. The standard InChI is InChI=1S/C28H33Cl2N9O4/c1-42-20-10-21(43-2)26(30)27(25(20)29)37-28-18(12-31-15-35-28)19-9-23(34-16-33-19)36-22-4-3-17(11-32-22)13-38-5-7-39(8-6-38)24(41)14-40/h3-4,9-12,16,22,32,35,37,40H,5-8,13-15H2,1-2H3,(H,33,34,36). The Kier molecular flexibility index (Phi) is 9.87. The Morgan fingerprint density at radius 2 is 1.86 bits per heavy atom. The van der Waals surface area contributed by atoms with Crippen LogP contribution in [0, 0.1) is 0 Å². The predicted octanol–water partition coefficient (Wildman–Crippen LogP) is 2.13. The van der Waals surface area contributed by atoms with Gasteiger partial charge in [-0.3, -0.25) is 14.7 Å². The van der Waals surface area contributed by atoms with Gasteiger partial charge < -0.3 is 40.7 Å². The van der Waals surface area contributed by atoms with E-state index in [0.29, 0.717) is 69.9 Å². The van der Waals surface area contributed by atoms with Gasteiger partial charge in [0.15, 0.2) is 0 Å². The number of aromatic nitrogens is 2. The summed E-state index contributed by atoms with van der Waals surface area (Å²) in [5.41, 5.74) is 2.84. The molecule has 1 aromatic heterocycles. The molecular formula is C28H33Cl2N9O4. The number of piperazine rings is 1. The highest BCUT2D eigenvalue weighted by Crippen LogP contribution is 2.44. The number of nitrogens with one attached hydrogen (secondary N) is 4. The number of rotatable bonds is 10. The molecule has 1 fully saturated rings. The zero-order valence-corrected chi connectivity index (χ0v) is 25.2. The number of benzene rings is 1. The van der Waals surface area contributed by atoms with Crippen LogP contribution in [-0.4, -0.2) is 103 Å². The Labute approximate surface area is 259 Å². The highest BCUT2D eigenvalue weighted by molar-refractivity contribution is 6.41. The largest absolute Gasteiger partial charge is 0.495 e. The van der Waals surface area contributed by atoms with E-state index in [4.69, 9.17) is 37.8 Å². The van der Waals surface area contributed by atoms with Crippen molar-refractivity contribution in [3.63, 3.8) is 0 Å². The predicted molar refractivity (Wildman–Crippen MR) is 167 cm³/mol. The van der Waals surface area contributed by atoms with Crippen LogP contribution in [-0.2, 0) is 4.79 Å². The average Bonchev–Trinajstić information content (AvgIpc) is 3.04. The molecule has 0 aliphatic carbocycles. The minimum Gasteiger partial charge on any atom is -0.495 e. The van der Waals surface area contributed by atoms with E-state index < -0.39 is 6.61 Å². The Balaban J connectivity index is 1.25. The van der Waals surface area contributed by atoms with Crippen LogP contribution in [0.1, 0.15) is 5.69 Å². The zero-order chi connectivity index (χ0) is 30.3. The quantitative estimate of drug-likeness (QED) is 0.263. The monoisotopic (exact) mass is 629 g/mol. The van der Waals surface area contributed by atoms with Crippen LogP contribution in [0.25, 0.3) is 5.57 Å². The van der Waals surface area contributed by atoms with Gasteiger partial charge in [0.25, 0.3) is 0 Å². The number of aliphatic hydroxyl groups is 1. The topological polar surface area (TPSA) is 149 Å². The molecule has 1 saturated heterocycles. The number of aliphatic hydroxyl groups excluding tert-OH is 1. The van der Waals surface area contributed by atoms with Crippen LogP contribution in [0.3, 0.4) is 0 Å². The first kappa shape index (κ1) is 30.4. The number of carbonyl (C=O) groups excluding carboxylic acids is 1. The number of methoxy groups -OCH3 is 2. The maximum Gasteiger partial charge on any atom is 0.248 e. The molecule has 1 aromatic carbocycles. The Morgan fingerprint density at radius 3 is 2.51 bits per heavy atom. The van der Waals surface area contributed by atoms with E-state index in [1.54, 1.807) is 17.2 Å². The second kappa shape index (κ2) is 14.0. The zero-order valence-electron chi connectivity index (χ0n) is 23.7. The third-order valence-electron chi connectivity index (χ3n) is 7.12. The van der Waals surface area contributed by atoms with Gasteiger partial charge in [-0.05, 0) is 11.6 Å². The fourth-order valence-electron chi connectivity index (χ4n) is 4.81. The molecule has 3 aliphatic rings. The second-order valence-electron chi connectivity index (χ2n) is 9.81. The van der Waals surface area contributed by atoms with Crippen molar-refractivity contribution in [3.05, 3.63) is 63.9 Å². The van der Waals surface area contributed by atoms with Crippen molar-refractivity contribution < 1.29 is 19.4 Å². The van der Waals surface area contributed by atoms with E-state index >= 15 is 0 Å². The number of hydrogen-bond acceptors (Lipinski definition) is 12. The SMILES string of the molecule is COc1cc(OC)c(Cl)c(NC2=C(c3cc(NC4C=CC(CN5CCN(C(=O)CO)CC5)=CN4)ncn3)C=NCN2)c1Cl. The Hall–Kier alpha value is -4.04. The highest BCUT2D eigenvalue weighted by Gasteiger charge is 2.23. The molecule has 1 unspecified atom stereocenters. The Morgan fingerprint density at radius 1 is 1.12 bits per heavy atom. The fraction of sp³-hybridized carbons (Fsp3) is 0.357. The van der Waals surface area contributed by atoms with E-state index in [1.807, 2.05) is 18.3 Å². The summed E-state index contributed by atoms with van der Waals surface area (Å²) in [6, 6.07) is 3.45. The summed E-state index contributed by atoms with van der Waals surface area (Å²) in [4.78, 5) is 28.9. The maximum absolute atomic E-state index is 11.7. The van der Waals surface area contributed by atoms with Gasteiger partial charge in [0.2, 0.25) is 5.91 Å². The number of aliphatic imine (C=N–C) groups is 1. The van der Waals surface area contributed by atoms with Gasteiger partial charge in [-0.2, -0.15) is 0 Å². The molecule has 5 rings (SSSR count). The molecule has 1 amide bonds. The fourth-order valence-corrected chi connectivity index (χ4v) is 5.41. The first-order valence-electron chi connectivity index (χ1n) is 13.6. The van der Waals surface area contributed by atoms with Gasteiger partial charge in [-0.1, -0.05) is 29.3 Å². The first-order chi connectivity index (χ1) is 20.9. The van der Waals surface area contributed by atoms with Crippen LogP contribution in [0.4, 0.5) is 11.5 Å². The molecule has 0 bridgehead atoms. The molecule has 4 heterocycles. The van der Waals surface area contributed by atoms with Gasteiger partial charge in [-0.25, -0.2) is 9.97 Å². The van der Waals surface area contributed by atoms with E-state index in [-0.39, 0.29) is 12.1 Å². The van der Waals surface area contributed by atoms with Crippen LogP contribution >= 0.6 is 23.2 Å². The lowest BCUT2D eigenvalue weighted by Crippen LogP contribution is -2.50. The number of hydrogen-bond donors (Lipinski definition) is 5. The van der Waals surface area contributed by atoms with E-state index in [9.17, 15) is 4.79 Å². The van der Waals surface area contributed by atoms with E-state index in [0.717, 1.165) is 25.2 Å². The van der Waals surface area contributed by atoms with Crippen molar-refractivity contribution in [2.75, 3.05) is 70.9 Å². The molecular weight excluding hydrogens is 597 g/mol. The van der Waals surface area contributed by atoms with Crippen LogP contribution in [0.2, 0.25) is 10.0 Å². The molecule has 13 nitrogen and oxygen atoms in total. The van der Waals surface area contributed by atoms with Crippen molar-refractivity contribution in [1.29, 1.82) is 0 Å². The van der Waals surface area contributed by atoms with Gasteiger partial charge in [-0.15, -0.1) is 0 Å². The molecule has 3 aliphatic heterocycles. The number of ether oxygens (including phenoxy) is 2. The molecule has 2 aromatic rings. The summed E-state index contributed by atoms with van der Waals surface area (Å²) in [6.45, 7) is 3.42. The Bertz CT molecular complexity index is 1440. The summed E-state index contributed by atoms with van der Waals surface area (Å²) in [6.07, 6.45) is 9.09. The van der Waals surface area contributed by atoms with Gasteiger partial charge >= 0.3 is 0 Å². The number of halogens is 2. The summed E-state index contributed by atoms with van der Waals surface area (Å²) < 4.78 is 10.8. The molecule has 0 spiro atoms. The lowest BCUT2D eigenvalue weighted by Gasteiger charge is -2.35. The lowest BCUT2D eigenvalue weighted by molar-refractivity contribution is -0.135. The van der Waals surface area contributed by atoms with Crippen LogP contribution in [0.5, 0.6) is 11.5 Å². The highest BCUT2D eigenvalue weighted by atomic mass is 35.5. The molecule has 15 heteroatoms. The van der Waals surface area contributed by atoms with Crippen molar-refractivity contribution in [3.8, 4) is 11.5 Å². The first-order valence-corrected chi connectivity index (χ1v) is 14.3. The van der Waals surface area contributed by atoms with Crippen LogP contribution < -0.4 is 30.7 Å². The molecule has 0 radical (unpaired) electrons. The summed E-state index contributed by atoms with van der Waals surface area (Å²) in [5.74, 6) is 1.81. The lowest BCUT2D eigenvalue weighted by atomic mass is 10.1. The summed E-state index contributed by atoms with van der Waals surface area (Å²) in [7, 11) is 3.03. The molecule has 5 N–H and O–H groups in total. The number of carbonyl (C=O) groups is 1. The molecule has 228 valence electrons. The third kappa shape index (κ3) is 7.13. The molecule has 0 saturated carbocycles. The minimum absolute atomic E-state index is 0.183. The average molecular weight is 631 g/mol. The number of amides is 1. The van der Waals surface area contributed by atoms with E-state index in [1.165, 1.54) is 20.5 Å². The van der Waals surface area contributed by atoms with Crippen molar-refractivity contribution in [2.45, 2.75) is 6.17 Å². The summed E-state index contributed by atoms with van der Waals surface area (Å²) in [5, 5.41) is 22.9. The second-order valence-corrected chi connectivity index (χ2v) is 10.6. The summed E-state index contributed by atoms with van der Waals surface area (Å²) >= 11 is 13.2. The number of anilines is 2. The van der Waals surface area contributed by atoms with Gasteiger partial charge in [0, 0.05) is 57.3 Å². The van der Waals surface area contributed by atoms with Crippen molar-refractivity contribution >= 4 is 52.4 Å². The van der Waals surface area contributed by atoms with Gasteiger partial charge in [0.05, 0.1) is 31.2 Å².